The second kappa shape index (κ2) is 9.62. The first-order valence-electron chi connectivity index (χ1n) is 9.12. The third-order valence-electron chi connectivity index (χ3n) is 4.51. The summed E-state index contributed by atoms with van der Waals surface area (Å²) < 4.78 is 27.6. The molecule has 8 heteroatoms. The number of halogens is 2. The fourth-order valence-electron chi connectivity index (χ4n) is 2.86. The smallest absolute Gasteiger partial charge is 0.243 e. The van der Waals surface area contributed by atoms with E-state index >= 15 is 0 Å². The molecule has 1 N–H and O–H groups in total. The fourth-order valence-corrected chi connectivity index (χ4v) is 4.55. The van der Waals surface area contributed by atoms with Crippen molar-refractivity contribution in [2.45, 2.75) is 18.4 Å². The third kappa shape index (κ3) is 5.40. The molecule has 156 valence electrons. The molecule has 0 unspecified atom stereocenters. The summed E-state index contributed by atoms with van der Waals surface area (Å²) in [5.41, 5.74) is 2.01. The molecule has 0 atom stereocenters. The van der Waals surface area contributed by atoms with Crippen molar-refractivity contribution < 1.29 is 13.2 Å². The number of amides is 1. The zero-order valence-electron chi connectivity index (χ0n) is 16.2. The number of nitrogens with one attached hydrogen (secondary N) is 1. The molecule has 0 bridgehead atoms. The number of carbonyl (C=O) groups is 1. The summed E-state index contributed by atoms with van der Waals surface area (Å²) in [6.07, 6.45) is 0. The minimum atomic E-state index is -3.93. The van der Waals surface area contributed by atoms with E-state index in [1.165, 1.54) is 24.3 Å². The molecule has 0 radical (unpaired) electrons. The monoisotopic (exact) mass is 462 g/mol. The van der Waals surface area contributed by atoms with Crippen LogP contribution in [0.25, 0.3) is 0 Å². The van der Waals surface area contributed by atoms with Gasteiger partial charge in [0.15, 0.2) is 0 Å². The summed E-state index contributed by atoms with van der Waals surface area (Å²) in [5, 5.41) is 3.69. The first-order valence-corrected chi connectivity index (χ1v) is 11.3. The first kappa shape index (κ1) is 22.3. The number of anilines is 1. The fraction of sp³-hybridized carbons (Fsp3) is 0.136. The Labute approximate surface area is 186 Å². The Morgan fingerprint density at radius 3 is 2.27 bits per heavy atom. The van der Waals surface area contributed by atoms with E-state index in [2.05, 4.69) is 5.32 Å². The Bertz CT molecular complexity index is 1130. The molecular weight excluding hydrogens is 443 g/mol. The van der Waals surface area contributed by atoms with Gasteiger partial charge in [-0.05, 0) is 54.4 Å². The number of benzene rings is 3. The topological polar surface area (TPSA) is 66.5 Å². The second-order valence-corrected chi connectivity index (χ2v) is 9.45. The van der Waals surface area contributed by atoms with Crippen LogP contribution in [0.3, 0.4) is 0 Å². The van der Waals surface area contributed by atoms with Gasteiger partial charge < -0.3 is 5.32 Å². The minimum absolute atomic E-state index is 0.0494. The van der Waals surface area contributed by atoms with Crippen LogP contribution in [0.2, 0.25) is 10.0 Å². The SMILES string of the molecule is Cc1c(Cl)cccc1NC(=O)CN(Cc1ccccc1)S(=O)(=O)c1ccc(Cl)cc1. The van der Waals surface area contributed by atoms with Crippen molar-refractivity contribution in [1.29, 1.82) is 0 Å². The third-order valence-corrected chi connectivity index (χ3v) is 6.98. The Morgan fingerprint density at radius 2 is 1.60 bits per heavy atom. The maximum absolute atomic E-state index is 13.2. The van der Waals surface area contributed by atoms with Gasteiger partial charge in [0.2, 0.25) is 15.9 Å². The lowest BCUT2D eigenvalue weighted by Gasteiger charge is -2.22. The van der Waals surface area contributed by atoms with Gasteiger partial charge in [-0.25, -0.2) is 8.42 Å². The molecule has 5 nitrogen and oxygen atoms in total. The quantitative estimate of drug-likeness (QED) is 0.528. The van der Waals surface area contributed by atoms with Gasteiger partial charge in [-0.1, -0.05) is 59.6 Å². The van der Waals surface area contributed by atoms with Crippen LogP contribution in [0.15, 0.2) is 77.7 Å². The molecule has 3 rings (SSSR count). The average molecular weight is 463 g/mol. The Hall–Kier alpha value is -2.38. The van der Waals surface area contributed by atoms with Gasteiger partial charge in [0.05, 0.1) is 11.4 Å². The van der Waals surface area contributed by atoms with E-state index in [-0.39, 0.29) is 18.0 Å². The van der Waals surface area contributed by atoms with Crippen molar-refractivity contribution in [3.05, 3.63) is 94.0 Å². The summed E-state index contributed by atoms with van der Waals surface area (Å²) in [4.78, 5) is 12.8. The summed E-state index contributed by atoms with van der Waals surface area (Å²) >= 11 is 12.0. The van der Waals surface area contributed by atoms with Crippen LogP contribution >= 0.6 is 23.2 Å². The Kier molecular flexibility index (Phi) is 7.15. The van der Waals surface area contributed by atoms with Gasteiger partial charge >= 0.3 is 0 Å². The summed E-state index contributed by atoms with van der Waals surface area (Å²) in [5.74, 6) is -0.464. The zero-order valence-corrected chi connectivity index (χ0v) is 18.5. The highest BCUT2D eigenvalue weighted by molar-refractivity contribution is 7.89. The Balaban J connectivity index is 1.88. The van der Waals surface area contributed by atoms with Gasteiger partial charge in [-0.3, -0.25) is 4.79 Å². The van der Waals surface area contributed by atoms with Crippen molar-refractivity contribution in [2.75, 3.05) is 11.9 Å². The van der Waals surface area contributed by atoms with Crippen molar-refractivity contribution in [3.63, 3.8) is 0 Å². The van der Waals surface area contributed by atoms with E-state index in [1.54, 1.807) is 25.1 Å². The molecule has 30 heavy (non-hydrogen) atoms. The highest BCUT2D eigenvalue weighted by Crippen LogP contribution is 2.24. The standard InChI is InChI=1S/C22H20Cl2N2O3S/c1-16-20(24)8-5-9-21(16)25-22(27)15-26(14-17-6-3-2-4-7-17)30(28,29)19-12-10-18(23)11-13-19/h2-13H,14-15H2,1H3,(H,25,27). The maximum Gasteiger partial charge on any atom is 0.243 e. The van der Waals surface area contributed by atoms with Gasteiger partial charge in [-0.15, -0.1) is 0 Å². The highest BCUT2D eigenvalue weighted by atomic mass is 35.5. The molecule has 1 amide bonds. The van der Waals surface area contributed by atoms with E-state index in [0.717, 1.165) is 9.87 Å². The maximum atomic E-state index is 13.2. The molecular formula is C22H20Cl2N2O3S. The number of hydrogen-bond acceptors (Lipinski definition) is 3. The van der Waals surface area contributed by atoms with Crippen LogP contribution in [-0.2, 0) is 21.4 Å². The van der Waals surface area contributed by atoms with Crippen LogP contribution in [-0.4, -0.2) is 25.2 Å². The summed E-state index contributed by atoms with van der Waals surface area (Å²) in [6, 6.07) is 20.1. The molecule has 0 spiro atoms. The highest BCUT2D eigenvalue weighted by Gasteiger charge is 2.27. The van der Waals surface area contributed by atoms with E-state index in [4.69, 9.17) is 23.2 Å². The molecule has 0 fully saturated rings. The van der Waals surface area contributed by atoms with Crippen molar-refractivity contribution in [2.24, 2.45) is 0 Å². The molecule has 0 aliphatic heterocycles. The van der Waals surface area contributed by atoms with E-state index in [0.29, 0.717) is 21.3 Å². The lowest BCUT2D eigenvalue weighted by atomic mass is 10.2. The van der Waals surface area contributed by atoms with Gasteiger partial charge in [0, 0.05) is 22.3 Å². The molecule has 0 saturated carbocycles. The summed E-state index contributed by atoms with van der Waals surface area (Å²) in [6.45, 7) is 1.48. The number of hydrogen-bond donors (Lipinski definition) is 1. The predicted molar refractivity (Wildman–Crippen MR) is 120 cm³/mol. The molecule has 0 aromatic heterocycles. The zero-order chi connectivity index (χ0) is 21.7. The summed E-state index contributed by atoms with van der Waals surface area (Å²) in [7, 11) is -3.93. The molecule has 0 aliphatic rings. The normalized spacial score (nSPS) is 11.5. The number of rotatable bonds is 7. The number of sulfonamides is 1. The first-order chi connectivity index (χ1) is 14.3. The van der Waals surface area contributed by atoms with E-state index < -0.39 is 15.9 Å². The van der Waals surface area contributed by atoms with Gasteiger partial charge in [0.25, 0.3) is 0 Å². The van der Waals surface area contributed by atoms with Gasteiger partial charge in [-0.2, -0.15) is 4.31 Å². The molecule has 3 aromatic rings. The van der Waals surface area contributed by atoms with Crippen LogP contribution in [0.1, 0.15) is 11.1 Å². The largest absolute Gasteiger partial charge is 0.325 e. The van der Waals surface area contributed by atoms with E-state index in [9.17, 15) is 13.2 Å². The van der Waals surface area contributed by atoms with Crippen LogP contribution in [0, 0.1) is 6.92 Å². The second-order valence-electron chi connectivity index (χ2n) is 6.67. The average Bonchev–Trinajstić information content (AvgIpc) is 2.72. The van der Waals surface area contributed by atoms with E-state index in [1.807, 2.05) is 30.3 Å². The van der Waals surface area contributed by atoms with Crippen molar-refractivity contribution >= 4 is 44.8 Å². The van der Waals surface area contributed by atoms with Crippen LogP contribution in [0.4, 0.5) is 5.69 Å². The molecule has 0 heterocycles. The van der Waals surface area contributed by atoms with Crippen molar-refractivity contribution in [3.8, 4) is 0 Å². The van der Waals surface area contributed by atoms with Crippen LogP contribution < -0.4 is 5.32 Å². The number of nitrogens with zero attached hydrogens (tertiary/aromatic N) is 1. The molecule has 3 aromatic carbocycles. The molecule has 0 aliphatic carbocycles. The predicted octanol–water partition coefficient (Wildman–Crippen LogP) is 5.13. The van der Waals surface area contributed by atoms with Crippen molar-refractivity contribution in [1.82, 2.24) is 4.31 Å². The number of carbonyl (C=O) groups excluding carboxylic acids is 1. The van der Waals surface area contributed by atoms with Crippen LogP contribution in [0.5, 0.6) is 0 Å². The minimum Gasteiger partial charge on any atom is -0.325 e. The lowest BCUT2D eigenvalue weighted by Crippen LogP contribution is -2.37. The Morgan fingerprint density at radius 1 is 0.933 bits per heavy atom. The van der Waals surface area contributed by atoms with Gasteiger partial charge in [0.1, 0.15) is 0 Å². The lowest BCUT2D eigenvalue weighted by molar-refractivity contribution is -0.116. The molecule has 0 saturated heterocycles.